The lowest BCUT2D eigenvalue weighted by atomic mass is 10.3. The van der Waals surface area contributed by atoms with Crippen LogP contribution in [0.1, 0.15) is 0 Å². The van der Waals surface area contributed by atoms with Crippen molar-refractivity contribution in [1.82, 2.24) is 9.55 Å². The highest BCUT2D eigenvalue weighted by molar-refractivity contribution is 7.99. The molecule has 0 saturated carbocycles. The van der Waals surface area contributed by atoms with Gasteiger partial charge in [0.15, 0.2) is 16.8 Å². The molecule has 0 bridgehead atoms. The maximum atomic E-state index is 13.0. The van der Waals surface area contributed by atoms with Gasteiger partial charge in [-0.15, -0.1) is 0 Å². The van der Waals surface area contributed by atoms with Gasteiger partial charge in [-0.1, -0.05) is 11.8 Å². The number of aromatic nitrogens is 2. The van der Waals surface area contributed by atoms with Crippen LogP contribution in [-0.4, -0.2) is 27.0 Å². The summed E-state index contributed by atoms with van der Waals surface area (Å²) in [6.07, 6.45) is 0. The molecule has 0 spiro atoms. The number of fused-ring (bicyclic) bond motifs is 1. The number of hydrogen-bond donors (Lipinski definition) is 1. The lowest BCUT2D eigenvalue weighted by molar-refractivity contribution is 0.322. The number of rotatable bonds is 3. The first-order chi connectivity index (χ1) is 7.63. The van der Waals surface area contributed by atoms with E-state index in [0.717, 1.165) is 12.1 Å². The van der Waals surface area contributed by atoms with Crippen molar-refractivity contribution in [3.8, 4) is 0 Å². The van der Waals surface area contributed by atoms with Gasteiger partial charge in [0, 0.05) is 24.9 Å². The summed E-state index contributed by atoms with van der Waals surface area (Å²) >= 11 is 1.34. The van der Waals surface area contributed by atoms with Crippen LogP contribution >= 0.6 is 11.8 Å². The number of aliphatic hydroxyl groups excluding tert-OH is 1. The molecule has 0 aliphatic heterocycles. The van der Waals surface area contributed by atoms with Crippen LogP contribution in [0.2, 0.25) is 0 Å². The Hall–Kier alpha value is -1.14. The molecule has 2 rings (SSSR count). The zero-order valence-corrected chi connectivity index (χ0v) is 9.39. The Kier molecular flexibility index (Phi) is 3.11. The van der Waals surface area contributed by atoms with Crippen LogP contribution in [0, 0.1) is 11.6 Å². The Balaban J connectivity index is 2.50. The van der Waals surface area contributed by atoms with Gasteiger partial charge in [-0.25, -0.2) is 13.8 Å². The minimum absolute atomic E-state index is 0.0383. The van der Waals surface area contributed by atoms with Gasteiger partial charge in [0.25, 0.3) is 0 Å². The number of nitrogens with zero attached hydrogens (tertiary/aromatic N) is 2. The lowest BCUT2D eigenvalue weighted by Gasteiger charge is -2.00. The summed E-state index contributed by atoms with van der Waals surface area (Å²) in [4.78, 5) is 4.16. The molecule has 1 aromatic carbocycles. The summed E-state index contributed by atoms with van der Waals surface area (Å²) in [5, 5.41) is 9.34. The van der Waals surface area contributed by atoms with Crippen LogP contribution in [0.25, 0.3) is 11.0 Å². The fourth-order valence-corrected chi connectivity index (χ4v) is 2.16. The minimum atomic E-state index is -0.899. The smallest absolute Gasteiger partial charge is 0.168 e. The molecule has 1 heterocycles. The van der Waals surface area contributed by atoms with E-state index in [1.807, 2.05) is 0 Å². The first kappa shape index (κ1) is 11.3. The number of hydrogen-bond acceptors (Lipinski definition) is 3. The fraction of sp³-hybridized carbons (Fsp3) is 0.300. The predicted octanol–water partition coefficient (Wildman–Crippen LogP) is 1.94. The number of aliphatic hydroxyl groups is 1. The lowest BCUT2D eigenvalue weighted by Crippen LogP contribution is -1.94. The Morgan fingerprint density at radius 1 is 1.38 bits per heavy atom. The van der Waals surface area contributed by atoms with Crippen molar-refractivity contribution >= 4 is 22.8 Å². The predicted molar refractivity (Wildman–Crippen MR) is 58.4 cm³/mol. The largest absolute Gasteiger partial charge is 0.396 e. The third-order valence-corrected chi connectivity index (χ3v) is 3.21. The van der Waals surface area contributed by atoms with E-state index in [-0.39, 0.29) is 6.61 Å². The Labute approximate surface area is 95.1 Å². The highest BCUT2D eigenvalue weighted by Crippen LogP contribution is 2.24. The SMILES string of the molecule is Cn1c(SCCO)nc2cc(F)c(F)cc21. The number of imidazole rings is 1. The molecule has 0 aliphatic rings. The fourth-order valence-electron chi connectivity index (χ4n) is 1.43. The zero-order chi connectivity index (χ0) is 11.7. The van der Waals surface area contributed by atoms with E-state index < -0.39 is 11.6 Å². The molecular weight excluding hydrogens is 234 g/mol. The molecule has 1 N–H and O–H groups in total. The van der Waals surface area contributed by atoms with Gasteiger partial charge in [0.1, 0.15) is 0 Å². The number of halogens is 2. The molecule has 6 heteroatoms. The maximum absolute atomic E-state index is 13.0. The van der Waals surface area contributed by atoms with Gasteiger partial charge in [-0.3, -0.25) is 0 Å². The van der Waals surface area contributed by atoms with Crippen LogP contribution in [0.5, 0.6) is 0 Å². The average molecular weight is 244 g/mol. The third-order valence-electron chi connectivity index (χ3n) is 2.20. The van der Waals surface area contributed by atoms with E-state index in [0.29, 0.717) is 21.9 Å². The second-order valence-corrected chi connectivity index (χ2v) is 4.34. The summed E-state index contributed by atoms with van der Waals surface area (Å²) < 4.78 is 27.7. The number of benzene rings is 1. The molecule has 1 aromatic heterocycles. The second-order valence-electron chi connectivity index (χ2n) is 3.28. The standard InChI is InChI=1S/C10H10F2N2OS/c1-14-9-5-7(12)6(11)4-8(9)13-10(14)16-3-2-15/h4-5,15H,2-3H2,1H3. The quantitative estimate of drug-likeness (QED) is 0.838. The van der Waals surface area contributed by atoms with Crippen molar-refractivity contribution in [3.05, 3.63) is 23.8 Å². The zero-order valence-electron chi connectivity index (χ0n) is 8.57. The molecular formula is C10H10F2N2OS. The van der Waals surface area contributed by atoms with Crippen LogP contribution in [0.15, 0.2) is 17.3 Å². The second kappa shape index (κ2) is 4.39. The Morgan fingerprint density at radius 2 is 2.06 bits per heavy atom. The van der Waals surface area contributed by atoms with E-state index in [9.17, 15) is 8.78 Å². The van der Waals surface area contributed by atoms with Crippen LogP contribution < -0.4 is 0 Å². The monoisotopic (exact) mass is 244 g/mol. The number of thioether (sulfide) groups is 1. The molecule has 0 amide bonds. The van der Waals surface area contributed by atoms with Crippen molar-refractivity contribution < 1.29 is 13.9 Å². The topological polar surface area (TPSA) is 38.0 Å². The van der Waals surface area contributed by atoms with Crippen molar-refractivity contribution in [3.63, 3.8) is 0 Å². The first-order valence-corrected chi connectivity index (χ1v) is 5.67. The molecule has 0 radical (unpaired) electrons. The highest BCUT2D eigenvalue weighted by Gasteiger charge is 2.11. The average Bonchev–Trinajstić information content (AvgIpc) is 2.54. The molecule has 0 saturated heterocycles. The maximum Gasteiger partial charge on any atom is 0.168 e. The summed E-state index contributed by atoms with van der Waals surface area (Å²) in [6.45, 7) is 0.0383. The highest BCUT2D eigenvalue weighted by atomic mass is 32.2. The van der Waals surface area contributed by atoms with Crippen LogP contribution in [-0.2, 0) is 7.05 Å². The first-order valence-electron chi connectivity index (χ1n) is 4.68. The van der Waals surface area contributed by atoms with Gasteiger partial charge in [0.05, 0.1) is 17.6 Å². The van der Waals surface area contributed by atoms with Crippen LogP contribution in [0.3, 0.4) is 0 Å². The molecule has 2 aromatic rings. The molecule has 0 unspecified atom stereocenters. The van der Waals surface area contributed by atoms with Crippen molar-refractivity contribution in [2.75, 3.05) is 12.4 Å². The van der Waals surface area contributed by atoms with E-state index in [2.05, 4.69) is 4.98 Å². The molecule has 0 fully saturated rings. The third kappa shape index (κ3) is 1.90. The Morgan fingerprint density at radius 3 is 2.75 bits per heavy atom. The molecule has 16 heavy (non-hydrogen) atoms. The van der Waals surface area contributed by atoms with Gasteiger partial charge in [-0.05, 0) is 0 Å². The van der Waals surface area contributed by atoms with Gasteiger partial charge < -0.3 is 9.67 Å². The molecule has 0 aliphatic carbocycles. The van der Waals surface area contributed by atoms with E-state index in [1.54, 1.807) is 11.6 Å². The summed E-state index contributed by atoms with van der Waals surface area (Å²) in [5.74, 6) is -1.28. The van der Waals surface area contributed by atoms with E-state index >= 15 is 0 Å². The summed E-state index contributed by atoms with van der Waals surface area (Å²) in [7, 11) is 1.73. The van der Waals surface area contributed by atoms with Crippen molar-refractivity contribution in [2.45, 2.75) is 5.16 Å². The van der Waals surface area contributed by atoms with Crippen molar-refractivity contribution in [1.29, 1.82) is 0 Å². The minimum Gasteiger partial charge on any atom is -0.396 e. The normalized spacial score (nSPS) is 11.2. The summed E-state index contributed by atoms with van der Waals surface area (Å²) in [5.41, 5.74) is 0.959. The van der Waals surface area contributed by atoms with Gasteiger partial charge in [0.2, 0.25) is 0 Å². The van der Waals surface area contributed by atoms with E-state index in [4.69, 9.17) is 5.11 Å². The van der Waals surface area contributed by atoms with Gasteiger partial charge >= 0.3 is 0 Å². The molecule has 0 atom stereocenters. The summed E-state index contributed by atoms with van der Waals surface area (Å²) in [6, 6.07) is 2.20. The van der Waals surface area contributed by atoms with Gasteiger partial charge in [-0.2, -0.15) is 0 Å². The molecule has 86 valence electrons. The van der Waals surface area contributed by atoms with Crippen LogP contribution in [0.4, 0.5) is 8.78 Å². The van der Waals surface area contributed by atoms with Crippen molar-refractivity contribution in [2.24, 2.45) is 7.05 Å². The molecule has 3 nitrogen and oxygen atoms in total. The van der Waals surface area contributed by atoms with E-state index in [1.165, 1.54) is 11.8 Å². The Bertz CT molecular complexity index is 527. The number of aryl methyl sites for hydroxylation is 1.